The smallest absolute Gasteiger partial charge is 0.0987 e. The van der Waals surface area contributed by atoms with Gasteiger partial charge in [-0.3, -0.25) is 4.90 Å². The topological polar surface area (TPSA) is 3.24 Å². The molecule has 3 aromatic rings. The fourth-order valence-electron chi connectivity index (χ4n) is 4.13. The third kappa shape index (κ3) is 2.82. The third-order valence-corrected chi connectivity index (χ3v) is 5.94. The number of rotatable bonds is 3. The Labute approximate surface area is 163 Å². The van der Waals surface area contributed by atoms with Crippen LogP contribution in [0.15, 0.2) is 84.9 Å². The molecule has 1 aliphatic heterocycles. The van der Waals surface area contributed by atoms with Crippen LogP contribution in [0.1, 0.15) is 49.9 Å². The van der Waals surface area contributed by atoms with E-state index in [9.17, 15) is 0 Å². The van der Waals surface area contributed by atoms with Crippen molar-refractivity contribution in [1.82, 2.24) is 4.90 Å². The second kappa shape index (κ2) is 6.65. The number of hydrogen-bond acceptors (Lipinski definition) is 1. The number of hydrogen-bond donors (Lipinski definition) is 0. The van der Waals surface area contributed by atoms with Crippen molar-refractivity contribution in [3.8, 4) is 0 Å². The van der Waals surface area contributed by atoms with E-state index in [2.05, 4.69) is 124 Å². The summed E-state index contributed by atoms with van der Waals surface area (Å²) in [6.07, 6.45) is 0. The van der Waals surface area contributed by atoms with Gasteiger partial charge >= 0.3 is 0 Å². The second-order valence-corrected chi connectivity index (χ2v) is 8.51. The maximum Gasteiger partial charge on any atom is 0.0987 e. The van der Waals surface area contributed by atoms with E-state index < -0.39 is 0 Å². The van der Waals surface area contributed by atoms with E-state index in [0.29, 0.717) is 6.04 Å². The summed E-state index contributed by atoms with van der Waals surface area (Å²) in [4.78, 5) is 2.46. The predicted molar refractivity (Wildman–Crippen MR) is 112 cm³/mol. The molecule has 0 saturated carbocycles. The van der Waals surface area contributed by atoms with Gasteiger partial charge in [0.05, 0.1) is 12.1 Å². The average Bonchev–Trinajstić information content (AvgIpc) is 3.04. The van der Waals surface area contributed by atoms with Crippen LogP contribution in [0.3, 0.4) is 0 Å². The van der Waals surface area contributed by atoms with Gasteiger partial charge in [-0.1, -0.05) is 106 Å². The van der Waals surface area contributed by atoms with E-state index in [1.165, 1.54) is 22.3 Å². The van der Waals surface area contributed by atoms with Gasteiger partial charge in [-0.2, -0.15) is 0 Å². The molecule has 0 fully saturated rings. The summed E-state index contributed by atoms with van der Waals surface area (Å²) < 4.78 is 0. The summed E-state index contributed by atoms with van der Waals surface area (Å²) in [6, 6.07) is 30.7. The first-order chi connectivity index (χ1) is 13.0. The summed E-state index contributed by atoms with van der Waals surface area (Å²) in [5, 5.41) is 0. The average molecular weight is 354 g/mol. The molecule has 0 saturated heterocycles. The first-order valence-corrected chi connectivity index (χ1v) is 9.72. The van der Waals surface area contributed by atoms with Gasteiger partial charge < -0.3 is 0 Å². The van der Waals surface area contributed by atoms with E-state index in [-0.39, 0.29) is 11.0 Å². The first-order valence-electron chi connectivity index (χ1n) is 9.72. The van der Waals surface area contributed by atoms with Crippen molar-refractivity contribution in [1.29, 1.82) is 0 Å². The van der Waals surface area contributed by atoms with Crippen LogP contribution in [-0.2, 0) is 5.54 Å². The quantitative estimate of drug-likeness (QED) is 0.548. The highest BCUT2D eigenvalue weighted by Crippen LogP contribution is 2.52. The van der Waals surface area contributed by atoms with Crippen molar-refractivity contribution in [2.24, 2.45) is 5.41 Å². The first kappa shape index (κ1) is 18.0. The van der Waals surface area contributed by atoms with Gasteiger partial charge in [0.15, 0.2) is 0 Å². The van der Waals surface area contributed by atoms with Gasteiger partial charge in [-0.05, 0) is 34.6 Å². The molecule has 0 N–H and O–H groups in total. The Kier molecular flexibility index (Phi) is 4.44. The molecule has 0 amide bonds. The van der Waals surface area contributed by atoms with Gasteiger partial charge in [-0.15, -0.1) is 0 Å². The molecular formula is C26H27N. The lowest BCUT2D eigenvalue weighted by molar-refractivity contribution is 0.0909. The van der Waals surface area contributed by atoms with Gasteiger partial charge in [0, 0.05) is 6.04 Å². The van der Waals surface area contributed by atoms with Gasteiger partial charge in [0.2, 0.25) is 0 Å². The van der Waals surface area contributed by atoms with Crippen LogP contribution >= 0.6 is 0 Å². The Bertz CT molecular complexity index is 866. The van der Waals surface area contributed by atoms with E-state index in [1.54, 1.807) is 0 Å². The molecule has 0 spiro atoms. The maximum absolute atomic E-state index is 3.76. The second-order valence-electron chi connectivity index (χ2n) is 8.51. The summed E-state index contributed by atoms with van der Waals surface area (Å²) in [7, 11) is 0. The molecule has 1 heterocycles. The minimum atomic E-state index is -0.369. The van der Waals surface area contributed by atoms with Gasteiger partial charge in [-0.25, -0.2) is 0 Å². The Hall–Kier alpha value is -2.38. The lowest BCUT2D eigenvalue weighted by atomic mass is 9.74. The SMILES string of the molecule is C[C@@H](N1[C]c2ccccc2C1(c1ccccc1)c1ccccc1)C(C)(C)C. The predicted octanol–water partition coefficient (Wildman–Crippen LogP) is 6.12. The summed E-state index contributed by atoms with van der Waals surface area (Å²) in [5.74, 6) is 0. The van der Waals surface area contributed by atoms with Crippen LogP contribution in [0, 0.1) is 12.0 Å². The molecule has 4 rings (SSSR count). The minimum Gasteiger partial charge on any atom is -0.269 e. The molecule has 0 aliphatic carbocycles. The van der Waals surface area contributed by atoms with E-state index >= 15 is 0 Å². The van der Waals surface area contributed by atoms with Crippen LogP contribution < -0.4 is 0 Å². The fraction of sp³-hybridized carbons (Fsp3) is 0.269. The summed E-state index contributed by atoms with van der Waals surface area (Å²) in [5.41, 5.74) is 4.80. The molecule has 1 heteroatoms. The van der Waals surface area contributed by atoms with E-state index in [4.69, 9.17) is 0 Å². The Morgan fingerprint density at radius 1 is 0.741 bits per heavy atom. The summed E-state index contributed by atoms with van der Waals surface area (Å²) in [6.45, 7) is 13.0. The van der Waals surface area contributed by atoms with Crippen molar-refractivity contribution >= 4 is 0 Å². The molecule has 2 radical (unpaired) electrons. The fourth-order valence-corrected chi connectivity index (χ4v) is 4.13. The zero-order chi connectivity index (χ0) is 19.1. The lowest BCUT2D eigenvalue weighted by Gasteiger charge is -2.47. The molecule has 1 nitrogen and oxygen atoms in total. The molecule has 1 atom stereocenters. The molecule has 0 aromatic heterocycles. The zero-order valence-electron chi connectivity index (χ0n) is 16.6. The lowest BCUT2D eigenvalue weighted by Crippen LogP contribution is -2.51. The molecule has 1 aliphatic rings. The molecule has 0 unspecified atom stereocenters. The molecule has 27 heavy (non-hydrogen) atoms. The van der Waals surface area contributed by atoms with Crippen LogP contribution in [-0.4, -0.2) is 10.9 Å². The Morgan fingerprint density at radius 3 is 1.74 bits per heavy atom. The number of fused-ring (bicyclic) bond motifs is 1. The highest BCUT2D eigenvalue weighted by atomic mass is 15.3. The largest absolute Gasteiger partial charge is 0.269 e. The van der Waals surface area contributed by atoms with Crippen LogP contribution in [0.25, 0.3) is 0 Å². The van der Waals surface area contributed by atoms with Crippen LogP contribution in [0.5, 0.6) is 0 Å². The maximum atomic E-state index is 3.76. The van der Waals surface area contributed by atoms with Crippen molar-refractivity contribution < 1.29 is 0 Å². The van der Waals surface area contributed by atoms with Crippen LogP contribution in [0.4, 0.5) is 0 Å². The highest BCUT2D eigenvalue weighted by molar-refractivity contribution is 5.58. The standard InChI is InChI=1S/C26H27N/c1-20(25(2,3)4)27-19-21-13-11-12-18-24(21)26(27,22-14-7-5-8-15-22)23-16-9-6-10-17-23/h5-18,20H,1-4H3/t20-/m1/s1. The van der Waals surface area contributed by atoms with Crippen molar-refractivity contribution in [2.45, 2.75) is 39.3 Å². The molecule has 0 bridgehead atoms. The van der Waals surface area contributed by atoms with Crippen molar-refractivity contribution in [3.63, 3.8) is 0 Å². The summed E-state index contributed by atoms with van der Waals surface area (Å²) >= 11 is 0. The minimum absolute atomic E-state index is 0.115. The van der Waals surface area contributed by atoms with Gasteiger partial charge in [0.1, 0.15) is 0 Å². The number of benzene rings is 3. The van der Waals surface area contributed by atoms with Gasteiger partial charge in [0.25, 0.3) is 0 Å². The zero-order valence-corrected chi connectivity index (χ0v) is 16.6. The van der Waals surface area contributed by atoms with Crippen LogP contribution in [0.2, 0.25) is 0 Å². The molecule has 136 valence electrons. The number of nitrogens with zero attached hydrogens (tertiary/aromatic N) is 1. The Balaban J connectivity index is 2.06. The van der Waals surface area contributed by atoms with E-state index in [1.807, 2.05) is 0 Å². The monoisotopic (exact) mass is 353 g/mol. The van der Waals surface area contributed by atoms with Crippen molar-refractivity contribution in [3.05, 3.63) is 114 Å². The Morgan fingerprint density at radius 2 is 1.22 bits per heavy atom. The highest BCUT2D eigenvalue weighted by Gasteiger charge is 2.51. The normalized spacial score (nSPS) is 17.5. The van der Waals surface area contributed by atoms with Crippen molar-refractivity contribution in [2.75, 3.05) is 0 Å². The van der Waals surface area contributed by atoms with E-state index in [0.717, 1.165) is 0 Å². The molecular weight excluding hydrogens is 326 g/mol. The third-order valence-electron chi connectivity index (χ3n) is 5.94. The molecule has 3 aromatic carbocycles.